The number of carbonyl (C=O) groups excluding carboxylic acids is 1. The van der Waals surface area contributed by atoms with Gasteiger partial charge in [-0.15, -0.1) is 11.8 Å². The number of halogens is 1. The zero-order valence-electron chi connectivity index (χ0n) is 28.2. The van der Waals surface area contributed by atoms with Crippen LogP contribution in [0.1, 0.15) is 103 Å². The number of nitrogens with two attached hydrogens (primary N) is 1. The van der Waals surface area contributed by atoms with E-state index in [1.165, 1.54) is 86.4 Å². The van der Waals surface area contributed by atoms with E-state index in [1.807, 2.05) is 0 Å². The number of anilines is 1. The first kappa shape index (κ1) is 40.1. The second-order valence-corrected chi connectivity index (χ2v) is 15.2. The number of hydrogen-bond donors (Lipinski definition) is 3. The van der Waals surface area contributed by atoms with Crippen LogP contribution in [-0.4, -0.2) is 46.3 Å². The van der Waals surface area contributed by atoms with Crippen LogP contribution in [0.4, 0.5) is 5.82 Å². The molecule has 48 heavy (non-hydrogen) atoms. The van der Waals surface area contributed by atoms with Gasteiger partial charge < -0.3 is 20.3 Å². The summed E-state index contributed by atoms with van der Waals surface area (Å²) in [7, 11) is -3.87. The van der Waals surface area contributed by atoms with E-state index in [1.54, 1.807) is 24.3 Å². The van der Waals surface area contributed by atoms with Crippen LogP contribution in [0.3, 0.4) is 0 Å². The van der Waals surface area contributed by atoms with Crippen molar-refractivity contribution >= 4 is 42.8 Å². The van der Waals surface area contributed by atoms with Gasteiger partial charge in [0.25, 0.3) is 0 Å². The lowest BCUT2D eigenvalue weighted by molar-refractivity contribution is -0.121. The number of nitrogen functional groups attached to an aromatic ring is 1. The summed E-state index contributed by atoms with van der Waals surface area (Å²) >= 11 is 7.40. The molecule has 3 rings (SSSR count). The van der Waals surface area contributed by atoms with Crippen LogP contribution < -0.4 is 26.4 Å². The minimum absolute atomic E-state index is 0.0435. The van der Waals surface area contributed by atoms with Crippen molar-refractivity contribution in [3.63, 3.8) is 0 Å². The lowest BCUT2D eigenvalue weighted by Gasteiger charge is -2.22. The maximum Gasteiger partial charge on any atom is 0.458 e. The molecule has 1 amide bonds. The van der Waals surface area contributed by atoms with Gasteiger partial charge in [0.05, 0.1) is 6.61 Å². The minimum atomic E-state index is -3.87. The van der Waals surface area contributed by atoms with Gasteiger partial charge in [0.2, 0.25) is 5.91 Å². The molecule has 1 aromatic heterocycles. The van der Waals surface area contributed by atoms with Crippen molar-refractivity contribution in [2.45, 2.75) is 108 Å². The van der Waals surface area contributed by atoms with Crippen molar-refractivity contribution in [1.29, 1.82) is 0 Å². The van der Waals surface area contributed by atoms with Crippen molar-refractivity contribution in [3.8, 4) is 5.75 Å². The van der Waals surface area contributed by atoms with Crippen LogP contribution in [0.5, 0.6) is 5.75 Å². The van der Waals surface area contributed by atoms with E-state index in [0.29, 0.717) is 22.9 Å². The number of nitrogens with zero attached hydrogens (tertiary/aromatic N) is 2. The summed E-state index contributed by atoms with van der Waals surface area (Å²) in [6.45, 7) is 2.60. The van der Waals surface area contributed by atoms with Gasteiger partial charge >= 0.3 is 13.4 Å². The first-order valence-electron chi connectivity index (χ1n) is 17.3. The van der Waals surface area contributed by atoms with E-state index in [2.05, 4.69) is 34.5 Å². The van der Waals surface area contributed by atoms with Gasteiger partial charge in [-0.2, -0.15) is 4.98 Å². The predicted octanol–water partition coefficient (Wildman–Crippen LogP) is 8.01. The lowest BCUT2D eigenvalue weighted by Crippen LogP contribution is -2.32. The molecule has 0 radical (unpaired) electrons. The Kier molecular flexibility index (Phi) is 19.3. The summed E-state index contributed by atoms with van der Waals surface area (Å²) < 4.78 is 32.5. The summed E-state index contributed by atoms with van der Waals surface area (Å²) in [5, 5.41) is 6.21. The quantitative estimate of drug-likeness (QED) is 0.0522. The zero-order chi connectivity index (χ0) is 34.5. The highest BCUT2D eigenvalue weighted by atomic mass is 35.5. The molecular formula is C34H53ClN5O6PS. The van der Waals surface area contributed by atoms with E-state index in [0.717, 1.165) is 25.7 Å². The molecule has 3 atom stereocenters. The molecule has 268 valence electrons. The maximum absolute atomic E-state index is 13.7. The van der Waals surface area contributed by atoms with Crippen molar-refractivity contribution in [2.24, 2.45) is 0 Å². The number of unbranched alkanes of at least 4 members (excludes halogenated alkanes) is 11. The molecule has 2 aromatic rings. The number of nitrogens with one attached hydrogen (secondary N) is 2. The Labute approximate surface area is 294 Å². The summed E-state index contributed by atoms with van der Waals surface area (Å²) in [5.41, 5.74) is 4.56. The van der Waals surface area contributed by atoms with Gasteiger partial charge in [0.15, 0.2) is 0 Å². The number of benzene rings is 1. The largest absolute Gasteiger partial charge is 0.458 e. The summed E-state index contributed by atoms with van der Waals surface area (Å²) in [6.07, 6.45) is 21.8. The summed E-state index contributed by atoms with van der Waals surface area (Å²) in [5.74, 6) is 0.865. The number of hydrogen-bond acceptors (Lipinski definition) is 9. The molecule has 1 aliphatic heterocycles. The van der Waals surface area contributed by atoms with Gasteiger partial charge in [-0.1, -0.05) is 82.0 Å². The predicted molar refractivity (Wildman–Crippen MR) is 195 cm³/mol. The highest BCUT2D eigenvalue weighted by molar-refractivity contribution is 8.00. The number of carbonyl (C=O) groups is 1. The third kappa shape index (κ3) is 16.4. The Morgan fingerprint density at radius 2 is 1.71 bits per heavy atom. The number of thioether (sulfide) groups is 1. The van der Waals surface area contributed by atoms with Crippen LogP contribution in [0, 0.1) is 0 Å². The lowest BCUT2D eigenvalue weighted by atomic mass is 10.1. The monoisotopic (exact) mass is 725 g/mol. The van der Waals surface area contributed by atoms with E-state index < -0.39 is 25.1 Å². The molecule has 0 saturated carbocycles. The maximum atomic E-state index is 13.7. The van der Waals surface area contributed by atoms with Crippen LogP contribution in [0.15, 0.2) is 53.5 Å². The second kappa shape index (κ2) is 23.1. The average Bonchev–Trinajstić information content (AvgIpc) is 3.54. The van der Waals surface area contributed by atoms with Gasteiger partial charge in [-0.05, 0) is 62.4 Å². The highest BCUT2D eigenvalue weighted by Gasteiger charge is 2.33. The van der Waals surface area contributed by atoms with E-state index in [4.69, 9.17) is 31.1 Å². The molecule has 0 aliphatic carbocycles. The van der Waals surface area contributed by atoms with Gasteiger partial charge in [0, 0.05) is 36.5 Å². The first-order valence-corrected chi connectivity index (χ1v) is 20.2. The molecule has 0 spiro atoms. The average molecular weight is 726 g/mol. The Bertz CT molecular complexity index is 1350. The van der Waals surface area contributed by atoms with Crippen molar-refractivity contribution in [2.75, 3.05) is 31.2 Å². The number of amides is 1. The van der Waals surface area contributed by atoms with E-state index in [9.17, 15) is 14.2 Å². The molecular weight excluding hydrogens is 673 g/mol. The molecule has 4 N–H and O–H groups in total. The highest BCUT2D eigenvalue weighted by Crippen LogP contribution is 2.45. The van der Waals surface area contributed by atoms with Crippen LogP contribution in [0.2, 0.25) is 5.02 Å². The van der Waals surface area contributed by atoms with Gasteiger partial charge in [0.1, 0.15) is 23.2 Å². The van der Waals surface area contributed by atoms with Crippen LogP contribution in [-0.2, 0) is 18.6 Å². The fourth-order valence-corrected chi connectivity index (χ4v) is 7.60. The zero-order valence-corrected chi connectivity index (χ0v) is 30.6. The number of aromatic nitrogens is 2. The SMILES string of the molecule is CCCCCCCC/C=C\CCCCCCCC(=O)NCCNP(=O)(OC[C@@H]1O[C@H](n2ccc(N)nc2=O)CS1)Oc1ccc(Cl)cc1. The first-order chi connectivity index (χ1) is 23.3. The molecule has 2 heterocycles. The minimum Gasteiger partial charge on any atom is -0.413 e. The Balaban J connectivity index is 1.30. The second-order valence-electron chi connectivity index (χ2n) is 11.8. The van der Waals surface area contributed by atoms with Crippen LogP contribution in [0.25, 0.3) is 0 Å². The van der Waals surface area contributed by atoms with Gasteiger partial charge in [-0.3, -0.25) is 13.9 Å². The Morgan fingerprint density at radius 1 is 1.04 bits per heavy atom. The standard InChI is InChI=1S/C34H53ClN5O6PS/c1-2-3-4-5-6-7-8-9-10-11-12-13-14-15-16-17-31(41)37-23-24-38-47(43,46-29-20-18-28(35)19-21-29)44-26-33-45-32(27-48-33)40-25-22-30(36)39-34(40)42/h9-10,18-22,25,32-33H,2-8,11-17,23-24,26-27H2,1H3,(H,37,41)(H,38,43)(H2,36,39,42)/b10-9-/t32-,33+,47?/m0/s1. The number of allylic oxidation sites excluding steroid dienone is 2. The fraction of sp³-hybridized carbons (Fsp3) is 0.618. The van der Waals surface area contributed by atoms with Crippen molar-refractivity contribution < 1.29 is 23.1 Å². The molecule has 1 unspecified atom stereocenters. The molecule has 0 bridgehead atoms. The number of ether oxygens (including phenoxy) is 1. The topological polar surface area (TPSA) is 147 Å². The fourth-order valence-electron chi connectivity index (χ4n) is 5.06. The van der Waals surface area contributed by atoms with E-state index in [-0.39, 0.29) is 31.4 Å². The normalized spacial score (nSPS) is 17.5. The molecule has 14 heteroatoms. The summed E-state index contributed by atoms with van der Waals surface area (Å²) in [6, 6.07) is 7.94. The Morgan fingerprint density at radius 3 is 2.40 bits per heavy atom. The molecule has 1 saturated heterocycles. The number of rotatable bonds is 25. The smallest absolute Gasteiger partial charge is 0.413 e. The Hall–Kier alpha value is -2.34. The molecule has 11 nitrogen and oxygen atoms in total. The van der Waals surface area contributed by atoms with Gasteiger partial charge in [-0.25, -0.2) is 14.4 Å². The van der Waals surface area contributed by atoms with E-state index >= 15 is 0 Å². The molecule has 1 aliphatic rings. The van der Waals surface area contributed by atoms with Crippen LogP contribution >= 0.6 is 31.1 Å². The third-order valence-corrected chi connectivity index (χ3v) is 10.6. The van der Waals surface area contributed by atoms with Crippen molar-refractivity contribution in [3.05, 3.63) is 64.2 Å². The van der Waals surface area contributed by atoms with Crippen molar-refractivity contribution in [1.82, 2.24) is 20.0 Å². The third-order valence-electron chi connectivity index (χ3n) is 7.73. The molecule has 1 aromatic carbocycles. The summed E-state index contributed by atoms with van der Waals surface area (Å²) in [4.78, 5) is 28.3. The molecule has 1 fully saturated rings.